The Bertz CT molecular complexity index is 1340. The van der Waals surface area contributed by atoms with Gasteiger partial charge in [-0.25, -0.2) is 0 Å². The molecule has 53 heavy (non-hydrogen) atoms. The Balaban J connectivity index is 0.00000110. The fraction of sp³-hybridized carbons (Fsp3) is 0.558. The second kappa shape index (κ2) is 28.6. The number of nitrogens with zero attached hydrogens (tertiary/aromatic N) is 3. The maximum Gasteiger partial charge on any atom is 2.00 e. The topological polar surface area (TPSA) is 61.8 Å². The Hall–Kier alpha value is -0.798. The number of benzene rings is 3. The largest absolute Gasteiger partial charge is 2.00 e. The molecule has 1 aliphatic rings. The summed E-state index contributed by atoms with van der Waals surface area (Å²) in [6.07, 6.45) is 2.56. The number of ether oxygens (including phenoxy) is 1. The molecule has 3 aromatic carbocycles. The van der Waals surface area contributed by atoms with Crippen molar-refractivity contribution < 1.29 is 44.7 Å². The molecule has 5 nitrogen and oxygen atoms in total. The molecule has 0 aromatic heterocycles. The predicted molar refractivity (Wildman–Crippen MR) is 246 cm³/mol. The van der Waals surface area contributed by atoms with Gasteiger partial charge in [-0.2, -0.15) is 0 Å². The number of para-hydroxylation sites is 2. The van der Waals surface area contributed by atoms with Crippen LogP contribution in [0.5, 0.6) is 0 Å². The number of aliphatic imine (C=N–C) groups is 1. The van der Waals surface area contributed by atoms with Crippen LogP contribution in [-0.2, 0) is 4.74 Å². The van der Waals surface area contributed by atoms with Crippen LogP contribution in [0.15, 0.2) is 71.7 Å². The third kappa shape index (κ3) is 21.3. The molecule has 1 aliphatic heterocycles. The molecule has 0 saturated carbocycles. The predicted octanol–water partition coefficient (Wildman–Crippen LogP) is 12.9. The zero-order valence-electron chi connectivity index (χ0n) is 36.3. The van der Waals surface area contributed by atoms with Crippen LogP contribution in [-0.4, -0.2) is 54.9 Å². The molecule has 0 unspecified atom stereocenters. The maximum absolute atomic E-state index is 5.32. The molecule has 0 amide bonds. The van der Waals surface area contributed by atoms with Crippen molar-refractivity contribution in [2.75, 3.05) is 13.2 Å². The van der Waals surface area contributed by atoms with Crippen molar-refractivity contribution in [2.45, 2.75) is 144 Å². The smallest absolute Gasteiger partial charge is 0.672 e. The van der Waals surface area contributed by atoms with Crippen LogP contribution >= 0.6 is 0 Å². The van der Waals surface area contributed by atoms with E-state index >= 15 is 0 Å². The molecule has 3 aromatic rings. The van der Waals surface area contributed by atoms with E-state index in [-0.39, 0.29) is 48.9 Å². The van der Waals surface area contributed by atoms with Crippen LogP contribution in [0.4, 0.5) is 11.4 Å². The molecule has 0 atom stereocenters. The van der Waals surface area contributed by atoms with Gasteiger partial charge in [0.2, 0.25) is 0 Å². The van der Waals surface area contributed by atoms with E-state index in [1.54, 1.807) is 0 Å². The molecular weight excluding hydrogens is 858 g/mol. The fourth-order valence-electron chi connectivity index (χ4n) is 5.92. The van der Waals surface area contributed by atoms with E-state index in [0.29, 0.717) is 23.7 Å². The summed E-state index contributed by atoms with van der Waals surface area (Å²) in [6, 6.07) is 23.6. The normalized spacial score (nSPS) is 12.9. The zero-order valence-corrected chi connectivity index (χ0v) is 43.1. The molecule has 0 aliphatic carbocycles. The molecule has 4 rings (SSSR count). The van der Waals surface area contributed by atoms with Crippen LogP contribution in [0.1, 0.15) is 120 Å². The Morgan fingerprint density at radius 1 is 0.642 bits per heavy atom. The van der Waals surface area contributed by atoms with Crippen LogP contribution in [0.2, 0.25) is 52.4 Å². The number of rotatable bonds is 11. The molecule has 297 valence electrons. The van der Waals surface area contributed by atoms with E-state index in [9.17, 15) is 0 Å². The van der Waals surface area contributed by atoms with Gasteiger partial charge in [-0.1, -0.05) is 198 Å². The number of hydrogen-bond acceptors (Lipinski definition) is 3. The first-order chi connectivity index (χ1) is 24.5. The second-order valence-corrected chi connectivity index (χ2v) is 27.1. The van der Waals surface area contributed by atoms with Gasteiger partial charge in [-0.3, -0.25) is 0 Å². The van der Waals surface area contributed by atoms with Gasteiger partial charge in [0.1, 0.15) is 8.96 Å². The van der Waals surface area contributed by atoms with Gasteiger partial charge >= 0.3 is 39.9 Å². The summed E-state index contributed by atoms with van der Waals surface area (Å²) in [7, 11) is -1.64. The minimum Gasteiger partial charge on any atom is -0.672 e. The minimum atomic E-state index is -0.542. The van der Waals surface area contributed by atoms with Gasteiger partial charge in [0, 0.05) is 13.2 Å². The average molecular weight is 934 g/mol. The fourth-order valence-corrected chi connectivity index (χ4v) is 15.3. The first kappa shape index (κ1) is 52.2. The first-order valence-corrected chi connectivity index (χ1v) is 31.0. The molecule has 1 N–H and O–H groups in total. The van der Waals surface area contributed by atoms with E-state index in [2.05, 4.69) is 178 Å². The maximum atomic E-state index is 5.32. The third-order valence-corrected chi connectivity index (χ3v) is 17.5. The van der Waals surface area contributed by atoms with Gasteiger partial charge in [-0.05, 0) is 75.7 Å². The van der Waals surface area contributed by atoms with Crippen molar-refractivity contribution in [3.05, 3.63) is 105 Å². The standard InChI is InChI=1S/C31H39N2.2C4H14NSi2.C4H8O.Gd/c1-20(2)25-16-12-17-26(21(3)4)29(25)32-31(24-14-10-9-11-15-24)33-30-27(22(5)6)18-13-19-28(30)23(7)8;2*1-6(2)5-7(3)4;1-2-4-5-3-1;/h9-23H,1-8H3;6-7H,1-4H3;5-6H,1-4H3;1-4H2;/q2*-1;;;+2. The molecule has 1 saturated heterocycles. The summed E-state index contributed by atoms with van der Waals surface area (Å²) in [5.41, 5.74) is 8.25. The second-order valence-electron chi connectivity index (χ2n) is 16.1. The molecule has 0 spiro atoms. The van der Waals surface area contributed by atoms with E-state index in [0.717, 1.165) is 36.0 Å². The summed E-state index contributed by atoms with van der Waals surface area (Å²) >= 11 is 0. The summed E-state index contributed by atoms with van der Waals surface area (Å²) in [4.78, 5) is 5.32. The molecule has 1 heterocycles. The zero-order chi connectivity index (χ0) is 39.4. The number of amidine groups is 1. The number of hydrogen-bond donors (Lipinski definition) is 1. The van der Waals surface area contributed by atoms with E-state index in [1.807, 2.05) is 6.07 Å². The van der Waals surface area contributed by atoms with Crippen molar-refractivity contribution in [3.8, 4) is 0 Å². The number of nitrogens with one attached hydrogen (secondary N) is 1. The third-order valence-electron chi connectivity index (χ3n) is 8.15. The van der Waals surface area contributed by atoms with Crippen molar-refractivity contribution in [3.63, 3.8) is 0 Å². The minimum absolute atomic E-state index is 0. The van der Waals surface area contributed by atoms with Gasteiger partial charge in [-0.15, -0.1) is 0 Å². The van der Waals surface area contributed by atoms with Crippen molar-refractivity contribution in [2.24, 2.45) is 4.99 Å². The van der Waals surface area contributed by atoms with Gasteiger partial charge in [0.15, 0.2) is 0 Å². The van der Waals surface area contributed by atoms with Gasteiger partial charge < -0.3 is 24.3 Å². The summed E-state index contributed by atoms with van der Waals surface area (Å²) in [6.45, 7) is 38.2. The summed E-state index contributed by atoms with van der Waals surface area (Å²) in [5.74, 6) is 2.31. The molecule has 1 fully saturated rings. The Morgan fingerprint density at radius 3 is 1.34 bits per heavy atom. The summed E-state index contributed by atoms with van der Waals surface area (Å²) in [5, 5.41) is 5.32. The van der Waals surface area contributed by atoms with Crippen molar-refractivity contribution in [1.82, 2.24) is 4.65 Å². The Morgan fingerprint density at radius 2 is 1.06 bits per heavy atom. The molecule has 10 heteroatoms. The Kier molecular flexibility index (Phi) is 28.1. The first-order valence-electron chi connectivity index (χ1n) is 19.9. The van der Waals surface area contributed by atoms with Crippen molar-refractivity contribution in [1.29, 1.82) is 0 Å². The monoisotopic (exact) mass is 933 g/mol. The van der Waals surface area contributed by atoms with Crippen LogP contribution < -0.4 is 4.65 Å². The van der Waals surface area contributed by atoms with E-state index in [4.69, 9.17) is 15.0 Å². The average Bonchev–Trinajstić information content (AvgIpc) is 3.64. The molecule has 0 bridgehead atoms. The van der Waals surface area contributed by atoms with Crippen LogP contribution in [0.25, 0.3) is 9.96 Å². The molecular formula is C43H75GdN4OSi4. The van der Waals surface area contributed by atoms with Gasteiger partial charge in [0.05, 0.1) is 8.96 Å². The van der Waals surface area contributed by atoms with Gasteiger partial charge in [0.25, 0.3) is 0 Å². The van der Waals surface area contributed by atoms with Crippen LogP contribution in [0, 0.1) is 39.9 Å². The quantitative estimate of drug-likeness (QED) is 0.118. The SMILES string of the molecule is C1CCOC1.CC(C)c1cccc(C(C)C)c1N=C([N-]c1c(C(C)C)cccc1C(C)C)c1ccccc1.C[SiH](C)[N-][SiH](C)C.C[Si](C)N[SiH](C)C.[Gd+2]. The van der Waals surface area contributed by atoms with E-state index < -0.39 is 26.9 Å². The van der Waals surface area contributed by atoms with Crippen LogP contribution in [0.3, 0.4) is 0 Å². The molecule has 1 radical (unpaired) electrons. The summed E-state index contributed by atoms with van der Waals surface area (Å²) < 4.78 is 13.0. The Labute approximate surface area is 366 Å². The van der Waals surface area contributed by atoms with Crippen molar-refractivity contribution >= 4 is 53.0 Å². The van der Waals surface area contributed by atoms with E-state index in [1.165, 1.54) is 35.1 Å².